The van der Waals surface area contributed by atoms with Gasteiger partial charge in [0.1, 0.15) is 5.82 Å². The maximum Gasteiger partial charge on any atom is 0.433 e. The van der Waals surface area contributed by atoms with Gasteiger partial charge >= 0.3 is 12.1 Å². The number of fused-ring (bicyclic) bond motifs is 1. The number of aryl methyl sites for hydroxylation is 2. The number of carbonyl (C=O) groups is 1. The molecule has 0 bridgehead atoms. The molecule has 7 heteroatoms. The zero-order valence-electron chi connectivity index (χ0n) is 9.58. The summed E-state index contributed by atoms with van der Waals surface area (Å²) in [5, 5.41) is 8.89. The van der Waals surface area contributed by atoms with Crippen molar-refractivity contribution in [2.75, 3.05) is 0 Å². The highest BCUT2D eigenvalue weighted by atomic mass is 19.4. The Kier molecular flexibility index (Phi) is 3.00. The smallest absolute Gasteiger partial charge is 0.433 e. The van der Waals surface area contributed by atoms with Crippen molar-refractivity contribution < 1.29 is 23.1 Å². The predicted molar refractivity (Wildman–Crippen MR) is 54.9 cm³/mol. The SMILES string of the molecule is Cc1nc2c(c(C(F)(F)F)n1)C[C@@H](C(=O)O)CC2. The van der Waals surface area contributed by atoms with Crippen LogP contribution < -0.4 is 0 Å². The Morgan fingerprint density at radius 1 is 1.39 bits per heavy atom. The van der Waals surface area contributed by atoms with Gasteiger partial charge in [-0.15, -0.1) is 0 Å². The lowest BCUT2D eigenvalue weighted by atomic mass is 9.85. The third-order valence-corrected chi connectivity index (χ3v) is 3.00. The highest BCUT2D eigenvalue weighted by molar-refractivity contribution is 5.71. The highest BCUT2D eigenvalue weighted by Gasteiger charge is 2.39. The van der Waals surface area contributed by atoms with Crippen LogP contribution in [0.2, 0.25) is 0 Å². The Balaban J connectivity index is 2.50. The van der Waals surface area contributed by atoms with E-state index in [1.807, 2.05) is 0 Å². The number of aromatic nitrogens is 2. The van der Waals surface area contributed by atoms with Crippen LogP contribution in [0.1, 0.15) is 29.2 Å². The zero-order valence-corrected chi connectivity index (χ0v) is 9.58. The molecular formula is C11H11F3N2O2. The van der Waals surface area contributed by atoms with Crippen molar-refractivity contribution in [2.45, 2.75) is 32.4 Å². The molecule has 98 valence electrons. The van der Waals surface area contributed by atoms with E-state index < -0.39 is 23.8 Å². The molecule has 0 aliphatic heterocycles. The normalized spacial score (nSPS) is 19.4. The highest BCUT2D eigenvalue weighted by Crippen LogP contribution is 2.35. The fourth-order valence-electron chi connectivity index (χ4n) is 2.18. The maximum atomic E-state index is 12.8. The molecule has 0 amide bonds. The third-order valence-electron chi connectivity index (χ3n) is 3.00. The minimum Gasteiger partial charge on any atom is -0.481 e. The molecule has 1 aliphatic carbocycles. The van der Waals surface area contributed by atoms with Gasteiger partial charge in [-0.1, -0.05) is 0 Å². The first-order chi connectivity index (χ1) is 8.29. The zero-order chi connectivity index (χ0) is 13.5. The summed E-state index contributed by atoms with van der Waals surface area (Å²) in [6.45, 7) is 1.40. The van der Waals surface area contributed by atoms with E-state index in [4.69, 9.17) is 5.11 Å². The van der Waals surface area contributed by atoms with Gasteiger partial charge in [0.25, 0.3) is 0 Å². The number of rotatable bonds is 1. The van der Waals surface area contributed by atoms with E-state index in [1.54, 1.807) is 0 Å². The Bertz CT molecular complexity index is 500. The van der Waals surface area contributed by atoms with Crippen LogP contribution >= 0.6 is 0 Å². The first kappa shape index (κ1) is 12.8. The molecular weight excluding hydrogens is 249 g/mol. The Hall–Kier alpha value is -1.66. The van der Waals surface area contributed by atoms with Crippen molar-refractivity contribution in [3.8, 4) is 0 Å². The van der Waals surface area contributed by atoms with Gasteiger partial charge in [0.15, 0.2) is 5.69 Å². The quantitative estimate of drug-likeness (QED) is 0.838. The number of aliphatic carboxylic acids is 1. The molecule has 0 saturated heterocycles. The summed E-state index contributed by atoms with van der Waals surface area (Å²) < 4.78 is 38.5. The standard InChI is InChI=1S/C11H11F3N2O2/c1-5-15-8-3-2-6(10(17)18)4-7(8)9(16-5)11(12,13)14/h6H,2-4H2,1H3,(H,17,18)/t6-/m0/s1. The molecule has 0 aromatic carbocycles. The number of carboxylic acids is 1. The second-order valence-electron chi connectivity index (χ2n) is 4.32. The van der Waals surface area contributed by atoms with Crippen molar-refractivity contribution in [1.29, 1.82) is 0 Å². The van der Waals surface area contributed by atoms with Gasteiger partial charge in [0.2, 0.25) is 0 Å². The lowest BCUT2D eigenvalue weighted by molar-refractivity contribution is -0.145. The van der Waals surface area contributed by atoms with Crippen LogP contribution in [0.25, 0.3) is 0 Å². The molecule has 18 heavy (non-hydrogen) atoms. The lowest BCUT2D eigenvalue weighted by Crippen LogP contribution is -2.27. The van der Waals surface area contributed by atoms with E-state index in [0.29, 0.717) is 12.1 Å². The van der Waals surface area contributed by atoms with Crippen LogP contribution in [0, 0.1) is 12.8 Å². The second kappa shape index (κ2) is 4.22. The molecule has 0 spiro atoms. The summed E-state index contributed by atoms with van der Waals surface area (Å²) in [4.78, 5) is 18.3. The summed E-state index contributed by atoms with van der Waals surface area (Å²) in [5.74, 6) is -1.80. The van der Waals surface area contributed by atoms with E-state index in [9.17, 15) is 18.0 Å². The van der Waals surface area contributed by atoms with E-state index >= 15 is 0 Å². The largest absolute Gasteiger partial charge is 0.481 e. The van der Waals surface area contributed by atoms with E-state index in [0.717, 1.165) is 0 Å². The van der Waals surface area contributed by atoms with Crippen LogP contribution in [0.5, 0.6) is 0 Å². The Morgan fingerprint density at radius 2 is 2.06 bits per heavy atom. The summed E-state index contributed by atoms with van der Waals surface area (Å²) in [5.41, 5.74) is -0.727. The molecule has 1 aliphatic rings. The molecule has 0 radical (unpaired) electrons. The Labute approximate surface area is 101 Å². The topological polar surface area (TPSA) is 63.1 Å². The van der Waals surface area contributed by atoms with Gasteiger partial charge < -0.3 is 5.11 Å². The molecule has 1 aromatic heterocycles. The van der Waals surface area contributed by atoms with Gasteiger partial charge in [0.05, 0.1) is 5.92 Å². The first-order valence-corrected chi connectivity index (χ1v) is 5.45. The number of alkyl halides is 3. The maximum absolute atomic E-state index is 12.8. The van der Waals surface area contributed by atoms with Crippen LogP contribution in [0.15, 0.2) is 0 Å². The van der Waals surface area contributed by atoms with E-state index in [-0.39, 0.29) is 24.2 Å². The number of nitrogens with zero attached hydrogens (tertiary/aromatic N) is 2. The molecule has 1 heterocycles. The van der Waals surface area contributed by atoms with Crippen molar-refractivity contribution in [2.24, 2.45) is 5.92 Å². The van der Waals surface area contributed by atoms with Gasteiger partial charge in [-0.2, -0.15) is 13.2 Å². The Morgan fingerprint density at radius 3 is 2.61 bits per heavy atom. The van der Waals surface area contributed by atoms with Crippen LogP contribution in [0.4, 0.5) is 13.2 Å². The number of halogens is 3. The summed E-state index contributed by atoms with van der Waals surface area (Å²) in [6, 6.07) is 0. The van der Waals surface area contributed by atoms with Crippen LogP contribution in [0.3, 0.4) is 0 Å². The summed E-state index contributed by atoms with van der Waals surface area (Å²) in [7, 11) is 0. The lowest BCUT2D eigenvalue weighted by Gasteiger charge is -2.23. The fraction of sp³-hybridized carbons (Fsp3) is 0.545. The van der Waals surface area contributed by atoms with Gasteiger partial charge in [-0.05, 0) is 26.2 Å². The molecule has 1 N–H and O–H groups in total. The fourth-order valence-corrected chi connectivity index (χ4v) is 2.18. The van der Waals surface area contributed by atoms with Crippen molar-refractivity contribution in [3.63, 3.8) is 0 Å². The average Bonchev–Trinajstić information content (AvgIpc) is 2.25. The summed E-state index contributed by atoms with van der Waals surface area (Å²) >= 11 is 0. The monoisotopic (exact) mass is 260 g/mol. The number of carboxylic acid groups (broad SMARTS) is 1. The van der Waals surface area contributed by atoms with Gasteiger partial charge in [0, 0.05) is 11.3 Å². The average molecular weight is 260 g/mol. The van der Waals surface area contributed by atoms with Crippen molar-refractivity contribution in [1.82, 2.24) is 9.97 Å². The minimum absolute atomic E-state index is 0.0632. The van der Waals surface area contributed by atoms with Crippen molar-refractivity contribution in [3.05, 3.63) is 22.8 Å². The molecule has 0 fully saturated rings. The van der Waals surface area contributed by atoms with Gasteiger partial charge in [-0.25, -0.2) is 9.97 Å². The van der Waals surface area contributed by atoms with Crippen LogP contribution in [-0.4, -0.2) is 21.0 Å². The summed E-state index contributed by atoms with van der Waals surface area (Å²) in [6.07, 6.45) is -4.16. The number of hydrogen-bond donors (Lipinski definition) is 1. The predicted octanol–water partition coefficient (Wildman–Crippen LogP) is 1.99. The molecule has 1 aromatic rings. The molecule has 1 atom stereocenters. The van der Waals surface area contributed by atoms with E-state index in [2.05, 4.69) is 9.97 Å². The second-order valence-corrected chi connectivity index (χ2v) is 4.32. The molecule has 0 unspecified atom stereocenters. The molecule has 4 nitrogen and oxygen atoms in total. The molecule has 0 saturated carbocycles. The van der Waals surface area contributed by atoms with Crippen LogP contribution in [-0.2, 0) is 23.8 Å². The van der Waals surface area contributed by atoms with Gasteiger partial charge in [-0.3, -0.25) is 4.79 Å². The first-order valence-electron chi connectivity index (χ1n) is 5.45. The van der Waals surface area contributed by atoms with Crippen molar-refractivity contribution >= 4 is 5.97 Å². The van der Waals surface area contributed by atoms with E-state index in [1.165, 1.54) is 6.92 Å². The molecule has 2 rings (SSSR count). The number of hydrogen-bond acceptors (Lipinski definition) is 3. The third kappa shape index (κ3) is 2.30. The minimum atomic E-state index is -4.57.